The van der Waals surface area contributed by atoms with Gasteiger partial charge in [-0.15, -0.1) is 33.2 Å². The summed E-state index contributed by atoms with van der Waals surface area (Å²) < 4.78 is 0. The minimum Gasteiger partial charge on any atom is -0.162 e. The van der Waals surface area contributed by atoms with E-state index in [0.29, 0.717) is 0 Å². The number of rotatable bonds is 4. The van der Waals surface area contributed by atoms with E-state index in [-0.39, 0.29) is 0 Å². The summed E-state index contributed by atoms with van der Waals surface area (Å²) in [5.41, 5.74) is 0. The van der Waals surface area contributed by atoms with Crippen molar-refractivity contribution in [3.8, 4) is 0 Å². The van der Waals surface area contributed by atoms with Gasteiger partial charge in [0.15, 0.2) is 0 Å². The van der Waals surface area contributed by atoms with E-state index >= 15 is 0 Å². The highest BCUT2D eigenvalue weighted by atomic mass is 35.8. The van der Waals surface area contributed by atoms with E-state index in [1.54, 1.807) is 0 Å². The van der Waals surface area contributed by atoms with Crippen LogP contribution >= 0.6 is 45.0 Å². The minimum atomic E-state index is -2.30. The second-order valence-electron chi connectivity index (χ2n) is 1.56. The van der Waals surface area contributed by atoms with E-state index in [4.69, 9.17) is 33.2 Å². The van der Waals surface area contributed by atoms with E-state index in [9.17, 15) is 0 Å². The molecule has 0 aliphatic carbocycles. The minimum absolute atomic E-state index is 0.774. The largest absolute Gasteiger partial charge is 0.342 e. The number of hydrogen-bond donors (Lipinski definition) is 0. The van der Waals surface area contributed by atoms with E-state index in [1.807, 2.05) is 11.8 Å². The van der Waals surface area contributed by atoms with Crippen LogP contribution in [0.15, 0.2) is 0 Å². The zero-order chi connectivity index (χ0) is 7.33. The molecule has 0 saturated heterocycles. The summed E-state index contributed by atoms with van der Waals surface area (Å²) in [6.07, 6.45) is 0. The highest BCUT2D eigenvalue weighted by Gasteiger charge is 2.23. The third kappa shape index (κ3) is 9.44. The molecule has 0 aliphatic rings. The monoisotopic (exact) mass is 222 g/mol. The smallest absolute Gasteiger partial charge is 0.162 e. The molecule has 9 heavy (non-hydrogen) atoms. The van der Waals surface area contributed by atoms with Gasteiger partial charge in [0.1, 0.15) is 0 Å². The Bertz CT molecular complexity index is 72.7. The van der Waals surface area contributed by atoms with Gasteiger partial charge in [0.05, 0.1) is 0 Å². The summed E-state index contributed by atoms with van der Waals surface area (Å²) in [6.45, 7) is 2.10. The van der Waals surface area contributed by atoms with Crippen LogP contribution in [-0.2, 0) is 0 Å². The predicted octanol–water partition coefficient (Wildman–Crippen LogP) is 3.39. The van der Waals surface area contributed by atoms with Crippen molar-refractivity contribution in [2.75, 3.05) is 11.5 Å². The molecule has 0 amide bonds. The standard InChI is InChI=1S/C4H9Cl3SSi/c1-2-8-3-4-9(5,6)7/h2-4H2,1H3. The van der Waals surface area contributed by atoms with Crippen LogP contribution in [0.2, 0.25) is 6.04 Å². The van der Waals surface area contributed by atoms with Gasteiger partial charge in [-0.05, 0) is 17.5 Å². The fraction of sp³-hybridized carbons (Fsp3) is 1.00. The molecule has 0 spiro atoms. The zero-order valence-electron chi connectivity index (χ0n) is 5.16. The molecular formula is C4H9Cl3SSi. The Balaban J connectivity index is 3.07. The third-order valence-corrected chi connectivity index (χ3v) is 4.52. The maximum absolute atomic E-state index is 5.63. The molecule has 5 heteroatoms. The van der Waals surface area contributed by atoms with Crippen molar-refractivity contribution < 1.29 is 0 Å². The summed E-state index contributed by atoms with van der Waals surface area (Å²) in [6, 6.07) is -1.52. The van der Waals surface area contributed by atoms with Crippen molar-refractivity contribution in [3.63, 3.8) is 0 Å². The van der Waals surface area contributed by atoms with Crippen LogP contribution < -0.4 is 0 Å². The van der Waals surface area contributed by atoms with Gasteiger partial charge >= 0.3 is 6.00 Å². The fourth-order valence-electron chi connectivity index (χ4n) is 0.332. The van der Waals surface area contributed by atoms with E-state index in [2.05, 4.69) is 6.92 Å². The van der Waals surface area contributed by atoms with Crippen LogP contribution in [0.1, 0.15) is 6.92 Å². The molecule has 0 aliphatic heterocycles. The summed E-state index contributed by atoms with van der Waals surface area (Å²) in [7, 11) is 0. The molecule has 0 heterocycles. The lowest BCUT2D eigenvalue weighted by Gasteiger charge is -2.04. The van der Waals surface area contributed by atoms with E-state index < -0.39 is 6.00 Å². The molecule has 0 N–H and O–H groups in total. The molecule has 0 radical (unpaired) electrons. The summed E-state index contributed by atoms with van der Waals surface area (Å²) >= 11 is 18.7. The Hall–Kier alpha value is 1.44. The maximum atomic E-state index is 5.63. The third-order valence-electron chi connectivity index (χ3n) is 0.734. The van der Waals surface area contributed by atoms with Gasteiger partial charge in [-0.3, -0.25) is 0 Å². The Morgan fingerprint density at radius 3 is 2.22 bits per heavy atom. The van der Waals surface area contributed by atoms with Gasteiger partial charge in [-0.2, -0.15) is 11.8 Å². The molecule has 0 nitrogen and oxygen atoms in total. The molecule has 0 bridgehead atoms. The molecule has 0 aromatic heterocycles. The van der Waals surface area contributed by atoms with Crippen LogP contribution in [0.5, 0.6) is 0 Å². The number of halogens is 3. The highest BCUT2D eigenvalue weighted by Crippen LogP contribution is 2.26. The van der Waals surface area contributed by atoms with Gasteiger partial charge in [-0.1, -0.05) is 6.92 Å². The maximum Gasteiger partial charge on any atom is 0.342 e. The van der Waals surface area contributed by atoms with Gasteiger partial charge in [0.25, 0.3) is 0 Å². The summed E-state index contributed by atoms with van der Waals surface area (Å²) in [5, 5.41) is 0. The number of hydrogen-bond acceptors (Lipinski definition) is 1. The number of thioether (sulfide) groups is 1. The van der Waals surface area contributed by atoms with Gasteiger partial charge in [0, 0.05) is 0 Å². The second-order valence-corrected chi connectivity index (χ2v) is 12.2. The molecule has 0 fully saturated rings. The Morgan fingerprint density at radius 2 is 1.89 bits per heavy atom. The van der Waals surface area contributed by atoms with Crippen molar-refractivity contribution in [3.05, 3.63) is 0 Å². The van der Waals surface area contributed by atoms with Crippen LogP contribution in [0.25, 0.3) is 0 Å². The highest BCUT2D eigenvalue weighted by molar-refractivity contribution is 7.99. The van der Waals surface area contributed by atoms with Crippen molar-refractivity contribution in [2.24, 2.45) is 0 Å². The van der Waals surface area contributed by atoms with Crippen molar-refractivity contribution in [1.29, 1.82) is 0 Å². The molecule has 0 aromatic carbocycles. The van der Waals surface area contributed by atoms with Gasteiger partial charge < -0.3 is 0 Å². The Morgan fingerprint density at radius 1 is 1.33 bits per heavy atom. The molecule has 0 aromatic rings. The average molecular weight is 224 g/mol. The molecule has 56 valence electrons. The second kappa shape index (κ2) is 5.14. The first-order valence-corrected chi connectivity index (χ1v) is 9.10. The van der Waals surface area contributed by atoms with Crippen molar-refractivity contribution in [2.45, 2.75) is 13.0 Å². The van der Waals surface area contributed by atoms with Gasteiger partial charge in [0.2, 0.25) is 0 Å². The van der Waals surface area contributed by atoms with Gasteiger partial charge in [-0.25, -0.2) is 0 Å². The summed E-state index contributed by atoms with van der Waals surface area (Å²) in [5.74, 6) is 2.09. The molecule has 0 rings (SSSR count). The van der Waals surface area contributed by atoms with Crippen LogP contribution in [0.3, 0.4) is 0 Å². The quantitative estimate of drug-likeness (QED) is 0.400. The average Bonchev–Trinajstić information content (AvgIpc) is 1.63. The first-order valence-electron chi connectivity index (χ1n) is 2.70. The first-order chi connectivity index (χ1) is 4.06. The Labute approximate surface area is 75.4 Å². The fourth-order valence-corrected chi connectivity index (χ4v) is 4.21. The lowest BCUT2D eigenvalue weighted by atomic mass is 10.9. The molecule has 0 saturated carbocycles. The van der Waals surface area contributed by atoms with Crippen molar-refractivity contribution >= 4 is 51.0 Å². The topological polar surface area (TPSA) is 0 Å². The molecule has 0 atom stereocenters. The molecular weight excluding hydrogens is 215 g/mol. The van der Waals surface area contributed by atoms with Crippen LogP contribution in [0.4, 0.5) is 0 Å². The zero-order valence-corrected chi connectivity index (χ0v) is 9.25. The van der Waals surface area contributed by atoms with Crippen LogP contribution in [0, 0.1) is 0 Å². The predicted molar refractivity (Wildman–Crippen MR) is 51.1 cm³/mol. The summed E-state index contributed by atoms with van der Waals surface area (Å²) in [4.78, 5) is 0. The van der Waals surface area contributed by atoms with Crippen molar-refractivity contribution in [1.82, 2.24) is 0 Å². The lowest BCUT2D eigenvalue weighted by molar-refractivity contribution is 1.44. The Kier molecular flexibility index (Phi) is 5.96. The first kappa shape index (κ1) is 10.4. The normalized spacial score (nSPS) is 12.0. The van der Waals surface area contributed by atoms with Crippen LogP contribution in [-0.4, -0.2) is 17.5 Å². The van der Waals surface area contributed by atoms with E-state index in [0.717, 1.165) is 17.5 Å². The van der Waals surface area contributed by atoms with E-state index in [1.165, 1.54) is 0 Å². The molecule has 0 unspecified atom stereocenters. The SMILES string of the molecule is CCSCC[Si](Cl)(Cl)Cl. The lowest BCUT2D eigenvalue weighted by Crippen LogP contribution is -2.09.